The predicted molar refractivity (Wildman–Crippen MR) is 78.5 cm³/mol. The van der Waals surface area contributed by atoms with Crippen molar-refractivity contribution in [2.75, 3.05) is 6.54 Å². The summed E-state index contributed by atoms with van der Waals surface area (Å²) in [6, 6.07) is 6.57. The minimum absolute atomic E-state index is 0.855. The minimum atomic E-state index is 0.855. The van der Waals surface area contributed by atoms with Crippen LogP contribution in [-0.4, -0.2) is 6.54 Å². The van der Waals surface area contributed by atoms with Crippen LogP contribution in [0.1, 0.15) is 56.7 Å². The monoisotopic (exact) mass is 235 g/mol. The zero-order valence-electron chi connectivity index (χ0n) is 12.1. The van der Waals surface area contributed by atoms with Crippen LogP contribution in [0.4, 0.5) is 0 Å². The number of nitrogens with two attached hydrogens (primary N) is 1. The number of benzene rings is 1. The van der Waals surface area contributed by atoms with Gasteiger partial charge in [-0.2, -0.15) is 0 Å². The van der Waals surface area contributed by atoms with Gasteiger partial charge >= 0.3 is 0 Å². The molecule has 0 amide bonds. The smallest absolute Gasteiger partial charge is 0.00773 e. The molecule has 0 spiro atoms. The molecule has 1 heteroatoms. The molecule has 0 fully saturated rings. The molecule has 98 valence electrons. The second-order valence-electron chi connectivity index (χ2n) is 4.42. The number of rotatable bonds is 5. The van der Waals surface area contributed by atoms with Crippen LogP contribution in [0.15, 0.2) is 18.2 Å². The maximum Gasteiger partial charge on any atom is -0.00773 e. The van der Waals surface area contributed by atoms with Crippen molar-refractivity contribution in [3.05, 3.63) is 34.9 Å². The third kappa shape index (κ3) is 6.48. The molecular formula is C16H29N. The third-order valence-corrected chi connectivity index (χ3v) is 3.05. The lowest BCUT2D eigenvalue weighted by Gasteiger charge is -2.07. The fourth-order valence-electron chi connectivity index (χ4n) is 1.99. The van der Waals surface area contributed by atoms with E-state index in [4.69, 9.17) is 5.73 Å². The fraction of sp³-hybridized carbons (Fsp3) is 0.625. The highest BCUT2D eigenvalue weighted by Gasteiger charge is 1.99. The van der Waals surface area contributed by atoms with Gasteiger partial charge in [0, 0.05) is 0 Å². The molecule has 1 nitrogen and oxygen atoms in total. The topological polar surface area (TPSA) is 26.0 Å². The van der Waals surface area contributed by atoms with Crippen molar-refractivity contribution in [3.63, 3.8) is 0 Å². The van der Waals surface area contributed by atoms with Crippen molar-refractivity contribution in [3.8, 4) is 0 Å². The average molecular weight is 235 g/mol. The molecule has 0 aliphatic rings. The molecule has 0 saturated carbocycles. The number of hydrogen-bond acceptors (Lipinski definition) is 1. The molecule has 0 aromatic heterocycles. The Morgan fingerprint density at radius 2 is 1.71 bits per heavy atom. The van der Waals surface area contributed by atoms with E-state index in [0.717, 1.165) is 19.4 Å². The molecule has 17 heavy (non-hydrogen) atoms. The molecular weight excluding hydrogens is 206 g/mol. The van der Waals surface area contributed by atoms with Gasteiger partial charge in [-0.1, -0.05) is 51.8 Å². The first-order valence-electron chi connectivity index (χ1n) is 6.98. The van der Waals surface area contributed by atoms with Gasteiger partial charge in [0.05, 0.1) is 0 Å². The summed E-state index contributed by atoms with van der Waals surface area (Å²) in [6.45, 7) is 9.66. The Morgan fingerprint density at radius 3 is 2.06 bits per heavy atom. The first-order chi connectivity index (χ1) is 8.21. The van der Waals surface area contributed by atoms with Crippen molar-refractivity contribution in [2.45, 2.75) is 59.8 Å². The maximum atomic E-state index is 5.21. The predicted octanol–water partition coefficient (Wildman–Crippen LogP) is 4.26. The van der Waals surface area contributed by atoms with Crippen LogP contribution in [0, 0.1) is 6.92 Å². The minimum Gasteiger partial charge on any atom is -0.330 e. The molecule has 0 radical (unpaired) electrons. The maximum absolute atomic E-state index is 5.21. The summed E-state index contributed by atoms with van der Waals surface area (Å²) >= 11 is 0. The van der Waals surface area contributed by atoms with Crippen molar-refractivity contribution in [1.82, 2.24) is 0 Å². The molecule has 0 bridgehead atoms. The molecule has 0 aliphatic heterocycles. The second-order valence-corrected chi connectivity index (χ2v) is 4.42. The second kappa shape index (κ2) is 10.3. The molecule has 0 unspecified atom stereocenters. The number of hydrogen-bond donors (Lipinski definition) is 1. The summed E-state index contributed by atoms with van der Waals surface area (Å²) < 4.78 is 0. The molecule has 1 rings (SSSR count). The molecule has 0 saturated heterocycles. The van der Waals surface area contributed by atoms with E-state index < -0.39 is 0 Å². The molecule has 1 aromatic rings. The van der Waals surface area contributed by atoms with E-state index in [9.17, 15) is 0 Å². The van der Waals surface area contributed by atoms with Crippen LogP contribution in [0.3, 0.4) is 0 Å². The fourth-order valence-corrected chi connectivity index (χ4v) is 1.99. The zero-order valence-corrected chi connectivity index (χ0v) is 12.1. The first-order valence-corrected chi connectivity index (χ1v) is 6.98. The van der Waals surface area contributed by atoms with Crippen LogP contribution in [0.2, 0.25) is 0 Å². The van der Waals surface area contributed by atoms with Crippen molar-refractivity contribution in [1.29, 1.82) is 0 Å². The molecule has 1 aromatic carbocycles. The molecule has 0 heterocycles. The summed E-state index contributed by atoms with van der Waals surface area (Å²) in [7, 11) is 0. The van der Waals surface area contributed by atoms with Gasteiger partial charge in [0.1, 0.15) is 0 Å². The third-order valence-electron chi connectivity index (χ3n) is 3.05. The van der Waals surface area contributed by atoms with Gasteiger partial charge in [0.2, 0.25) is 0 Å². The van der Waals surface area contributed by atoms with E-state index in [1.165, 1.54) is 36.0 Å². The molecule has 2 N–H and O–H groups in total. The van der Waals surface area contributed by atoms with Crippen molar-refractivity contribution < 1.29 is 0 Å². The van der Waals surface area contributed by atoms with Gasteiger partial charge in [-0.15, -0.1) is 0 Å². The number of aryl methyl sites for hydroxylation is 2. The lowest BCUT2D eigenvalue weighted by atomic mass is 9.98. The number of unbranched alkanes of at least 4 members (excludes halogenated alkanes) is 2. The Balaban J connectivity index is 0.000000366. The van der Waals surface area contributed by atoms with Gasteiger partial charge < -0.3 is 5.73 Å². The average Bonchev–Trinajstić information content (AvgIpc) is 2.36. The van der Waals surface area contributed by atoms with E-state index in [1.54, 1.807) is 0 Å². The Bertz CT molecular complexity index is 288. The van der Waals surface area contributed by atoms with Crippen LogP contribution in [-0.2, 0) is 12.8 Å². The first kappa shape index (κ1) is 16.2. The van der Waals surface area contributed by atoms with Gasteiger partial charge in [-0.05, 0) is 49.4 Å². The lowest BCUT2D eigenvalue weighted by molar-refractivity contribution is 0.727. The zero-order chi connectivity index (χ0) is 13.1. The largest absolute Gasteiger partial charge is 0.330 e. The van der Waals surface area contributed by atoms with Gasteiger partial charge in [0.15, 0.2) is 0 Å². The van der Waals surface area contributed by atoms with E-state index >= 15 is 0 Å². The summed E-state index contributed by atoms with van der Waals surface area (Å²) in [5.41, 5.74) is 9.70. The SMILES string of the molecule is CCCCCN.CCc1cccc(C)c1CC. The summed E-state index contributed by atoms with van der Waals surface area (Å²) in [6.07, 6.45) is 6.07. The van der Waals surface area contributed by atoms with Crippen molar-refractivity contribution >= 4 is 0 Å². The Kier molecular flexibility index (Phi) is 9.84. The quantitative estimate of drug-likeness (QED) is 0.758. The summed E-state index contributed by atoms with van der Waals surface area (Å²) in [4.78, 5) is 0. The Morgan fingerprint density at radius 1 is 1.00 bits per heavy atom. The Hall–Kier alpha value is -0.820. The standard InChI is InChI=1S/C11H16.C5H13N/c1-4-10-8-6-7-9(3)11(10)5-2;1-2-3-4-5-6/h6-8H,4-5H2,1-3H3;2-6H2,1H3. The van der Waals surface area contributed by atoms with Crippen molar-refractivity contribution in [2.24, 2.45) is 5.73 Å². The molecule has 0 atom stereocenters. The molecule has 0 aliphatic carbocycles. The van der Waals surface area contributed by atoms with Crippen LogP contribution in [0.5, 0.6) is 0 Å². The summed E-state index contributed by atoms with van der Waals surface area (Å²) in [5, 5.41) is 0. The highest BCUT2D eigenvalue weighted by Crippen LogP contribution is 2.14. The van der Waals surface area contributed by atoms with E-state index in [0.29, 0.717) is 0 Å². The highest BCUT2D eigenvalue weighted by molar-refractivity contribution is 5.34. The highest BCUT2D eigenvalue weighted by atomic mass is 14.5. The van der Waals surface area contributed by atoms with Gasteiger partial charge in [-0.3, -0.25) is 0 Å². The summed E-state index contributed by atoms with van der Waals surface area (Å²) in [5.74, 6) is 0. The van der Waals surface area contributed by atoms with E-state index in [1.807, 2.05) is 0 Å². The Labute approximate surface area is 107 Å². The van der Waals surface area contributed by atoms with Crippen LogP contribution in [0.25, 0.3) is 0 Å². The lowest BCUT2D eigenvalue weighted by Crippen LogP contribution is -1.96. The van der Waals surface area contributed by atoms with Gasteiger partial charge in [-0.25, -0.2) is 0 Å². The van der Waals surface area contributed by atoms with Crippen LogP contribution >= 0.6 is 0 Å². The normalized spacial score (nSPS) is 9.71. The van der Waals surface area contributed by atoms with E-state index in [2.05, 4.69) is 45.9 Å². The van der Waals surface area contributed by atoms with Crippen LogP contribution < -0.4 is 5.73 Å². The van der Waals surface area contributed by atoms with E-state index in [-0.39, 0.29) is 0 Å². The van der Waals surface area contributed by atoms with Gasteiger partial charge in [0.25, 0.3) is 0 Å².